The zero-order valence-corrected chi connectivity index (χ0v) is 9.90. The lowest BCUT2D eigenvalue weighted by molar-refractivity contribution is -0.143. The van der Waals surface area contributed by atoms with Gasteiger partial charge in [-0.15, -0.1) is 0 Å². The fourth-order valence-corrected chi connectivity index (χ4v) is 2.03. The van der Waals surface area contributed by atoms with E-state index >= 15 is 0 Å². The molecule has 0 bridgehead atoms. The highest BCUT2D eigenvalue weighted by Crippen LogP contribution is 2.50. The van der Waals surface area contributed by atoms with Crippen molar-refractivity contribution >= 4 is 5.91 Å². The molecule has 0 radical (unpaired) electrons. The van der Waals surface area contributed by atoms with Crippen molar-refractivity contribution in [3.8, 4) is 0 Å². The predicted molar refractivity (Wildman–Crippen MR) is 56.6 cm³/mol. The summed E-state index contributed by atoms with van der Waals surface area (Å²) in [5, 5.41) is 0. The van der Waals surface area contributed by atoms with E-state index in [9.17, 15) is 31.1 Å². The highest BCUT2D eigenvalue weighted by molar-refractivity contribution is 5.90. The largest absolute Gasteiger partial charge is 0.416 e. The van der Waals surface area contributed by atoms with Gasteiger partial charge in [-0.05, 0) is 36.6 Å². The van der Waals surface area contributed by atoms with E-state index in [4.69, 9.17) is 5.73 Å². The van der Waals surface area contributed by atoms with Crippen LogP contribution in [0.2, 0.25) is 0 Å². The van der Waals surface area contributed by atoms with Gasteiger partial charge in [0.25, 0.3) is 0 Å². The molecule has 0 aromatic heterocycles. The summed E-state index contributed by atoms with van der Waals surface area (Å²) in [6.07, 6.45) is -9.55. The number of carbonyl (C=O) groups is 1. The Morgan fingerprint density at radius 2 is 1.35 bits per heavy atom. The second kappa shape index (κ2) is 4.13. The molecule has 2 N–H and O–H groups in total. The maximum Gasteiger partial charge on any atom is 0.416 e. The minimum absolute atomic E-state index is 0.0283. The van der Waals surface area contributed by atoms with Gasteiger partial charge in [-0.2, -0.15) is 26.3 Å². The maximum atomic E-state index is 12.7. The van der Waals surface area contributed by atoms with Crippen LogP contribution in [0, 0.1) is 0 Å². The van der Waals surface area contributed by atoms with E-state index in [1.54, 1.807) is 0 Å². The average molecular weight is 297 g/mol. The number of carbonyl (C=O) groups excluding carboxylic acids is 1. The Bertz CT molecular complexity index is 524. The fraction of sp³-hybridized carbons (Fsp3) is 0.417. The molecular formula is C12H9F6NO. The predicted octanol–water partition coefficient (Wildman–Crippen LogP) is 3.24. The summed E-state index contributed by atoms with van der Waals surface area (Å²) in [6.45, 7) is 0. The third-order valence-electron chi connectivity index (χ3n) is 3.36. The van der Waals surface area contributed by atoms with E-state index in [1.165, 1.54) is 0 Å². The van der Waals surface area contributed by atoms with Gasteiger partial charge in [-0.25, -0.2) is 0 Å². The van der Waals surface area contributed by atoms with Gasteiger partial charge in [0.05, 0.1) is 16.5 Å². The molecule has 0 aliphatic heterocycles. The van der Waals surface area contributed by atoms with Crippen LogP contribution in [0.4, 0.5) is 26.3 Å². The number of alkyl halides is 6. The molecule has 1 fully saturated rings. The first-order valence-electron chi connectivity index (χ1n) is 5.57. The van der Waals surface area contributed by atoms with Crippen molar-refractivity contribution in [1.82, 2.24) is 0 Å². The number of primary amides is 1. The Kier molecular flexibility index (Phi) is 3.03. The quantitative estimate of drug-likeness (QED) is 0.837. The van der Waals surface area contributed by atoms with Gasteiger partial charge in [0.2, 0.25) is 5.91 Å². The Morgan fingerprint density at radius 1 is 0.950 bits per heavy atom. The number of amides is 1. The summed E-state index contributed by atoms with van der Waals surface area (Å²) in [7, 11) is 0. The van der Waals surface area contributed by atoms with Gasteiger partial charge in [-0.1, -0.05) is 0 Å². The first-order valence-corrected chi connectivity index (χ1v) is 5.57. The monoisotopic (exact) mass is 297 g/mol. The summed E-state index contributed by atoms with van der Waals surface area (Å²) in [6, 6.07) is 1.15. The summed E-state index contributed by atoms with van der Waals surface area (Å²) in [5.41, 5.74) is 0.483. The van der Waals surface area contributed by atoms with E-state index in [1.807, 2.05) is 0 Å². The highest BCUT2D eigenvalue weighted by atomic mass is 19.4. The molecule has 8 heteroatoms. The summed E-state index contributed by atoms with van der Waals surface area (Å²) in [4.78, 5) is 11.3. The van der Waals surface area contributed by atoms with Crippen molar-refractivity contribution in [3.63, 3.8) is 0 Å². The van der Waals surface area contributed by atoms with Crippen molar-refractivity contribution < 1.29 is 31.1 Å². The molecule has 1 aliphatic carbocycles. The SMILES string of the molecule is NC(=O)C1(c2cc(C(F)(F)F)cc(C(F)(F)F)c2)CC1. The van der Waals surface area contributed by atoms with Gasteiger partial charge in [0.1, 0.15) is 0 Å². The molecule has 2 rings (SSSR count). The standard InChI is InChI=1S/C12H9F6NO/c13-11(14,15)7-3-6(10(1-2-10)9(19)20)4-8(5-7)12(16,17)18/h3-5H,1-2H2,(H2,19,20). The second-order valence-electron chi connectivity index (χ2n) is 4.74. The van der Waals surface area contributed by atoms with Gasteiger partial charge >= 0.3 is 12.4 Å². The average Bonchev–Trinajstić information content (AvgIpc) is 3.07. The Balaban J connectivity index is 2.62. The number of hydrogen-bond acceptors (Lipinski definition) is 1. The van der Waals surface area contributed by atoms with Crippen molar-refractivity contribution in [2.24, 2.45) is 5.73 Å². The molecule has 0 spiro atoms. The van der Waals surface area contributed by atoms with Gasteiger partial charge in [0, 0.05) is 0 Å². The normalized spacial score (nSPS) is 17.9. The number of benzene rings is 1. The van der Waals surface area contributed by atoms with E-state index in [2.05, 4.69) is 0 Å². The fourth-order valence-electron chi connectivity index (χ4n) is 2.03. The molecule has 1 aliphatic rings. The van der Waals surface area contributed by atoms with E-state index in [0.717, 1.165) is 0 Å². The van der Waals surface area contributed by atoms with Crippen molar-refractivity contribution in [1.29, 1.82) is 0 Å². The van der Waals surface area contributed by atoms with E-state index in [0.29, 0.717) is 12.1 Å². The smallest absolute Gasteiger partial charge is 0.369 e. The number of rotatable bonds is 2. The molecule has 1 aromatic rings. The first kappa shape index (κ1) is 14.7. The number of nitrogens with two attached hydrogens (primary N) is 1. The minimum Gasteiger partial charge on any atom is -0.369 e. The molecule has 2 nitrogen and oxygen atoms in total. The first-order chi connectivity index (χ1) is 8.97. The second-order valence-corrected chi connectivity index (χ2v) is 4.74. The minimum atomic E-state index is -4.93. The molecular weight excluding hydrogens is 288 g/mol. The summed E-state index contributed by atoms with van der Waals surface area (Å²) >= 11 is 0. The summed E-state index contributed by atoms with van der Waals surface area (Å²) in [5.74, 6) is -0.912. The van der Waals surface area contributed by atoms with Crippen LogP contribution in [-0.2, 0) is 22.6 Å². The van der Waals surface area contributed by atoms with Crippen LogP contribution < -0.4 is 5.73 Å². The van der Waals surface area contributed by atoms with Gasteiger partial charge < -0.3 is 5.73 Å². The van der Waals surface area contributed by atoms with E-state index in [-0.39, 0.29) is 24.5 Å². The number of hydrogen-bond donors (Lipinski definition) is 1. The van der Waals surface area contributed by atoms with Crippen LogP contribution in [0.3, 0.4) is 0 Å². The molecule has 110 valence electrons. The summed E-state index contributed by atoms with van der Waals surface area (Å²) < 4.78 is 76.0. The molecule has 1 amide bonds. The van der Waals surface area contributed by atoms with Crippen molar-refractivity contribution in [2.45, 2.75) is 30.6 Å². The zero-order chi connectivity index (χ0) is 15.3. The van der Waals surface area contributed by atoms with Gasteiger partial charge in [-0.3, -0.25) is 4.79 Å². The van der Waals surface area contributed by atoms with Crippen LogP contribution in [0.5, 0.6) is 0 Å². The van der Waals surface area contributed by atoms with Crippen LogP contribution >= 0.6 is 0 Å². The molecule has 1 saturated carbocycles. The lowest BCUT2D eigenvalue weighted by Crippen LogP contribution is -2.29. The van der Waals surface area contributed by atoms with Gasteiger partial charge in [0.15, 0.2) is 0 Å². The highest BCUT2D eigenvalue weighted by Gasteiger charge is 2.51. The third kappa shape index (κ3) is 2.46. The topological polar surface area (TPSA) is 43.1 Å². The van der Waals surface area contributed by atoms with Crippen LogP contribution in [0.15, 0.2) is 18.2 Å². The maximum absolute atomic E-state index is 12.7. The van der Waals surface area contributed by atoms with Crippen LogP contribution in [-0.4, -0.2) is 5.91 Å². The Morgan fingerprint density at radius 3 is 1.60 bits per heavy atom. The Hall–Kier alpha value is -1.73. The van der Waals surface area contributed by atoms with Crippen molar-refractivity contribution in [3.05, 3.63) is 34.9 Å². The third-order valence-corrected chi connectivity index (χ3v) is 3.36. The van der Waals surface area contributed by atoms with E-state index < -0.39 is 34.8 Å². The number of halogens is 6. The van der Waals surface area contributed by atoms with Crippen LogP contribution in [0.1, 0.15) is 29.5 Å². The lowest BCUT2D eigenvalue weighted by Gasteiger charge is -2.18. The Labute approximate surface area is 109 Å². The molecule has 0 unspecified atom stereocenters. The molecule has 0 heterocycles. The zero-order valence-electron chi connectivity index (χ0n) is 9.90. The molecule has 1 aromatic carbocycles. The molecule has 0 saturated heterocycles. The molecule has 20 heavy (non-hydrogen) atoms. The molecule has 0 atom stereocenters. The van der Waals surface area contributed by atoms with Crippen LogP contribution in [0.25, 0.3) is 0 Å². The van der Waals surface area contributed by atoms with Crippen molar-refractivity contribution in [2.75, 3.05) is 0 Å². The lowest BCUT2D eigenvalue weighted by atomic mass is 9.91.